The van der Waals surface area contributed by atoms with E-state index in [4.69, 9.17) is 0 Å². The van der Waals surface area contributed by atoms with Crippen molar-refractivity contribution in [2.24, 2.45) is 0 Å². The highest BCUT2D eigenvalue weighted by atomic mass is 16.2. The Morgan fingerprint density at radius 2 is 1.89 bits per heavy atom. The van der Waals surface area contributed by atoms with Gasteiger partial charge in [-0.3, -0.25) is 9.59 Å². The van der Waals surface area contributed by atoms with Gasteiger partial charge in [0.25, 0.3) is 0 Å². The van der Waals surface area contributed by atoms with Gasteiger partial charge in [-0.15, -0.1) is 0 Å². The van der Waals surface area contributed by atoms with Crippen molar-refractivity contribution in [2.45, 2.75) is 32.2 Å². The number of benzene rings is 1. The molecule has 2 amide bonds. The molecule has 0 aliphatic heterocycles. The van der Waals surface area contributed by atoms with Gasteiger partial charge in [0.15, 0.2) is 0 Å². The third-order valence-electron chi connectivity index (χ3n) is 2.83. The fourth-order valence-electron chi connectivity index (χ4n) is 1.78. The number of carbonyl (C=O) groups excluding carboxylic acids is 2. The summed E-state index contributed by atoms with van der Waals surface area (Å²) in [6, 6.07) is 7.75. The first-order valence-corrected chi connectivity index (χ1v) is 6.54. The van der Waals surface area contributed by atoms with Gasteiger partial charge in [0.2, 0.25) is 11.8 Å². The van der Waals surface area contributed by atoms with E-state index in [1.54, 1.807) is 24.3 Å². The van der Waals surface area contributed by atoms with Crippen LogP contribution in [0, 0.1) is 0 Å². The van der Waals surface area contributed by atoms with Crippen molar-refractivity contribution in [1.29, 1.82) is 0 Å². The Morgan fingerprint density at radius 1 is 1.21 bits per heavy atom. The third-order valence-corrected chi connectivity index (χ3v) is 2.83. The number of rotatable bonds is 6. The van der Waals surface area contributed by atoms with Gasteiger partial charge in [-0.2, -0.15) is 0 Å². The van der Waals surface area contributed by atoms with Crippen molar-refractivity contribution in [1.82, 2.24) is 5.32 Å². The molecule has 1 aliphatic carbocycles. The van der Waals surface area contributed by atoms with Gasteiger partial charge in [-0.05, 0) is 31.0 Å². The second-order valence-corrected chi connectivity index (χ2v) is 4.79. The Hall–Kier alpha value is -1.88. The summed E-state index contributed by atoms with van der Waals surface area (Å²) in [6.07, 6.45) is 2.90. The predicted octanol–water partition coefficient (Wildman–Crippen LogP) is 1.73. The first kappa shape index (κ1) is 13.5. The molecule has 0 spiro atoms. The maximum atomic E-state index is 11.7. The minimum Gasteiger partial charge on any atom is -0.326 e. The molecule has 1 saturated carbocycles. The SMILES string of the molecule is CC(=O)Nc1cccc(NC(=O)CCNC2CC2)c1. The van der Waals surface area contributed by atoms with Crippen LogP contribution in [0.4, 0.5) is 11.4 Å². The number of hydrogen-bond donors (Lipinski definition) is 3. The highest BCUT2D eigenvalue weighted by molar-refractivity contribution is 5.93. The molecule has 0 aromatic heterocycles. The molecular weight excluding hydrogens is 242 g/mol. The second-order valence-electron chi connectivity index (χ2n) is 4.79. The Balaban J connectivity index is 1.79. The molecule has 2 rings (SSSR count). The smallest absolute Gasteiger partial charge is 0.225 e. The van der Waals surface area contributed by atoms with Crippen LogP contribution in [0.5, 0.6) is 0 Å². The van der Waals surface area contributed by atoms with Crippen molar-refractivity contribution in [3.63, 3.8) is 0 Å². The average Bonchev–Trinajstić information content (AvgIpc) is 3.12. The second kappa shape index (κ2) is 6.33. The van der Waals surface area contributed by atoms with Gasteiger partial charge in [-0.25, -0.2) is 0 Å². The number of nitrogens with one attached hydrogen (secondary N) is 3. The highest BCUT2D eigenvalue weighted by Gasteiger charge is 2.20. The van der Waals surface area contributed by atoms with Crippen molar-refractivity contribution in [3.8, 4) is 0 Å². The Morgan fingerprint density at radius 3 is 2.53 bits per heavy atom. The quantitative estimate of drug-likeness (QED) is 0.730. The lowest BCUT2D eigenvalue weighted by atomic mass is 10.2. The molecule has 19 heavy (non-hydrogen) atoms. The maximum absolute atomic E-state index is 11.7. The van der Waals surface area contributed by atoms with Crippen molar-refractivity contribution < 1.29 is 9.59 Å². The number of amides is 2. The summed E-state index contributed by atoms with van der Waals surface area (Å²) >= 11 is 0. The first-order valence-electron chi connectivity index (χ1n) is 6.54. The molecule has 0 bridgehead atoms. The normalized spacial score (nSPS) is 13.9. The third kappa shape index (κ3) is 5.09. The average molecular weight is 261 g/mol. The number of anilines is 2. The Bertz CT molecular complexity index is 470. The standard InChI is InChI=1S/C14H19N3O2/c1-10(18)16-12-3-2-4-13(9-12)17-14(19)7-8-15-11-5-6-11/h2-4,9,11,15H,5-8H2,1H3,(H,16,18)(H,17,19). The van der Waals surface area contributed by atoms with Gasteiger partial charge in [0.05, 0.1) is 0 Å². The van der Waals surface area contributed by atoms with E-state index in [-0.39, 0.29) is 11.8 Å². The zero-order chi connectivity index (χ0) is 13.7. The molecule has 0 heterocycles. The van der Waals surface area contributed by atoms with Crippen LogP contribution in [-0.4, -0.2) is 24.4 Å². The van der Waals surface area contributed by atoms with Crippen LogP contribution in [0.1, 0.15) is 26.2 Å². The fourth-order valence-corrected chi connectivity index (χ4v) is 1.78. The fraction of sp³-hybridized carbons (Fsp3) is 0.429. The van der Waals surface area contributed by atoms with Gasteiger partial charge in [-0.1, -0.05) is 6.07 Å². The summed E-state index contributed by atoms with van der Waals surface area (Å²) < 4.78 is 0. The van der Waals surface area contributed by atoms with Gasteiger partial charge in [0.1, 0.15) is 0 Å². The minimum absolute atomic E-state index is 0.0203. The van der Waals surface area contributed by atoms with Crippen molar-refractivity contribution >= 4 is 23.2 Å². The summed E-state index contributed by atoms with van der Waals surface area (Å²) in [5, 5.41) is 8.79. The van der Waals surface area contributed by atoms with Crippen LogP contribution in [0.25, 0.3) is 0 Å². The molecule has 5 heteroatoms. The van der Waals surface area contributed by atoms with Crippen molar-refractivity contribution in [3.05, 3.63) is 24.3 Å². The predicted molar refractivity (Wildman–Crippen MR) is 75.0 cm³/mol. The van der Waals surface area contributed by atoms with E-state index in [1.165, 1.54) is 19.8 Å². The zero-order valence-electron chi connectivity index (χ0n) is 11.0. The monoisotopic (exact) mass is 261 g/mol. The van der Waals surface area contributed by atoms with E-state index in [2.05, 4.69) is 16.0 Å². The van der Waals surface area contributed by atoms with Crippen LogP contribution >= 0.6 is 0 Å². The van der Waals surface area contributed by atoms with Gasteiger partial charge < -0.3 is 16.0 Å². The molecule has 0 radical (unpaired) electrons. The molecule has 3 N–H and O–H groups in total. The molecule has 1 aromatic rings. The van der Waals surface area contributed by atoms with E-state index in [0.29, 0.717) is 30.4 Å². The van der Waals surface area contributed by atoms with E-state index >= 15 is 0 Å². The van der Waals surface area contributed by atoms with E-state index < -0.39 is 0 Å². The molecule has 1 fully saturated rings. The van der Waals surface area contributed by atoms with Crippen LogP contribution in [0.15, 0.2) is 24.3 Å². The van der Waals surface area contributed by atoms with E-state index in [9.17, 15) is 9.59 Å². The summed E-state index contributed by atoms with van der Waals surface area (Å²) in [4.78, 5) is 22.7. The van der Waals surface area contributed by atoms with Gasteiger partial charge in [0, 0.05) is 37.3 Å². The lowest BCUT2D eigenvalue weighted by Gasteiger charge is -2.08. The molecule has 1 aliphatic rings. The zero-order valence-corrected chi connectivity index (χ0v) is 11.0. The van der Waals surface area contributed by atoms with E-state index in [1.807, 2.05) is 0 Å². The number of carbonyl (C=O) groups is 2. The summed E-state index contributed by atoms with van der Waals surface area (Å²) in [7, 11) is 0. The highest BCUT2D eigenvalue weighted by Crippen LogP contribution is 2.18. The summed E-state index contributed by atoms with van der Waals surface area (Å²) in [5.74, 6) is -0.148. The summed E-state index contributed by atoms with van der Waals surface area (Å²) in [6.45, 7) is 2.16. The lowest BCUT2D eigenvalue weighted by Crippen LogP contribution is -2.23. The van der Waals surface area contributed by atoms with Crippen LogP contribution in [0.2, 0.25) is 0 Å². The molecular formula is C14H19N3O2. The van der Waals surface area contributed by atoms with Crippen LogP contribution < -0.4 is 16.0 Å². The lowest BCUT2D eigenvalue weighted by molar-refractivity contribution is -0.116. The first-order chi connectivity index (χ1) is 9.13. The molecule has 0 atom stereocenters. The molecule has 5 nitrogen and oxygen atoms in total. The van der Waals surface area contributed by atoms with Crippen molar-refractivity contribution in [2.75, 3.05) is 17.2 Å². The molecule has 102 valence electrons. The molecule has 0 unspecified atom stereocenters. The minimum atomic E-state index is -0.128. The molecule has 0 saturated heterocycles. The van der Waals surface area contributed by atoms with Crippen LogP contribution in [0.3, 0.4) is 0 Å². The van der Waals surface area contributed by atoms with Crippen LogP contribution in [-0.2, 0) is 9.59 Å². The maximum Gasteiger partial charge on any atom is 0.225 e. The largest absolute Gasteiger partial charge is 0.326 e. The molecule has 1 aromatic carbocycles. The topological polar surface area (TPSA) is 70.2 Å². The Labute approximate surface area is 112 Å². The van der Waals surface area contributed by atoms with E-state index in [0.717, 1.165) is 0 Å². The Kier molecular flexibility index (Phi) is 4.52. The van der Waals surface area contributed by atoms with Gasteiger partial charge >= 0.3 is 0 Å². The number of hydrogen-bond acceptors (Lipinski definition) is 3. The summed E-state index contributed by atoms with van der Waals surface area (Å²) in [5.41, 5.74) is 1.38.